The molecule has 0 amide bonds. The predicted molar refractivity (Wildman–Crippen MR) is 189 cm³/mol. The Bertz CT molecular complexity index is 1230. The molecule has 0 N–H and O–H groups in total. The Hall–Kier alpha value is -1.85. The summed E-state index contributed by atoms with van der Waals surface area (Å²) in [4.78, 5) is 15.5. The molecule has 0 atom stereocenters. The molecule has 0 unspecified atom stereocenters. The largest absolute Gasteiger partial charge is 0.502 e. The summed E-state index contributed by atoms with van der Waals surface area (Å²) in [5.41, 5.74) is 4.57. The van der Waals surface area contributed by atoms with Crippen molar-refractivity contribution in [3.63, 3.8) is 0 Å². The van der Waals surface area contributed by atoms with Crippen LogP contribution in [0.5, 0.6) is 5.75 Å². The van der Waals surface area contributed by atoms with E-state index in [0.29, 0.717) is 30.8 Å². The van der Waals surface area contributed by atoms with Crippen molar-refractivity contribution in [2.45, 2.75) is 152 Å². The minimum atomic E-state index is -0.218. The number of thioether (sulfide) groups is 2. The van der Waals surface area contributed by atoms with Crippen LogP contribution < -0.4 is 4.74 Å². The van der Waals surface area contributed by atoms with Gasteiger partial charge in [-0.05, 0) is 77.3 Å². The van der Waals surface area contributed by atoms with E-state index in [4.69, 9.17) is 9.47 Å². The van der Waals surface area contributed by atoms with Gasteiger partial charge in [0, 0.05) is 33.8 Å². The molecule has 240 valence electrons. The first-order valence-electron chi connectivity index (χ1n) is 15.5. The summed E-state index contributed by atoms with van der Waals surface area (Å²) in [5.74, 6) is 1.17. The highest BCUT2D eigenvalue weighted by atomic mass is 32.2. The van der Waals surface area contributed by atoms with E-state index in [1.54, 1.807) is 7.11 Å². The second-order valence-corrected chi connectivity index (χ2v) is 19.9. The lowest BCUT2D eigenvalue weighted by Gasteiger charge is -2.32. The monoisotopic (exact) mass is 626 g/mol. The van der Waals surface area contributed by atoms with E-state index in [9.17, 15) is 4.79 Å². The van der Waals surface area contributed by atoms with E-state index in [2.05, 4.69) is 134 Å². The second kappa shape index (κ2) is 13.6. The fourth-order valence-electron chi connectivity index (χ4n) is 4.69. The van der Waals surface area contributed by atoms with Crippen LogP contribution in [0.2, 0.25) is 0 Å². The smallest absolute Gasteiger partial charge is 0.311 e. The van der Waals surface area contributed by atoms with Crippen LogP contribution >= 0.6 is 23.5 Å². The van der Waals surface area contributed by atoms with Crippen LogP contribution in [0.1, 0.15) is 138 Å². The van der Waals surface area contributed by atoms with Gasteiger partial charge in [0.25, 0.3) is 0 Å². The van der Waals surface area contributed by atoms with Crippen LogP contribution in [0.4, 0.5) is 0 Å². The molecule has 2 aromatic carbocycles. The van der Waals surface area contributed by atoms with Crippen LogP contribution in [0.3, 0.4) is 0 Å². The fourth-order valence-corrected chi connectivity index (χ4v) is 7.30. The molecule has 0 aliphatic heterocycles. The molecule has 5 heteroatoms. The average Bonchev–Trinajstić information content (AvgIpc) is 2.81. The number of rotatable bonds is 10. The third kappa shape index (κ3) is 11.2. The van der Waals surface area contributed by atoms with Crippen LogP contribution in [-0.4, -0.2) is 17.2 Å². The molecule has 0 spiro atoms. The maximum atomic E-state index is 13.1. The molecule has 0 aromatic heterocycles. The Morgan fingerprint density at radius 1 is 0.651 bits per heavy atom. The average molecular weight is 627 g/mol. The Balaban J connectivity index is 2.52. The van der Waals surface area contributed by atoms with Gasteiger partial charge in [0.05, 0.1) is 16.9 Å². The minimum Gasteiger partial charge on any atom is -0.502 e. The normalized spacial score (nSPS) is 13.2. The van der Waals surface area contributed by atoms with Gasteiger partial charge >= 0.3 is 5.97 Å². The molecular weight excluding hydrogens is 569 g/mol. The van der Waals surface area contributed by atoms with Crippen molar-refractivity contribution in [3.8, 4) is 5.75 Å². The number of hydrogen-bond acceptors (Lipinski definition) is 5. The molecule has 0 aliphatic rings. The molecule has 0 aliphatic carbocycles. The number of carbonyl (C=O) groups excluding carboxylic acids is 1. The van der Waals surface area contributed by atoms with Crippen molar-refractivity contribution in [2.24, 2.45) is 0 Å². The molecule has 0 bridgehead atoms. The Morgan fingerprint density at radius 2 is 1.07 bits per heavy atom. The summed E-state index contributed by atoms with van der Waals surface area (Å²) >= 11 is 3.79. The summed E-state index contributed by atoms with van der Waals surface area (Å²) in [6, 6.07) is 11.6. The molecule has 2 aromatic rings. The van der Waals surface area contributed by atoms with Gasteiger partial charge in [0.2, 0.25) is 0 Å². The van der Waals surface area contributed by atoms with Crippen molar-refractivity contribution in [1.29, 1.82) is 0 Å². The van der Waals surface area contributed by atoms with E-state index in [1.807, 2.05) is 23.5 Å². The van der Waals surface area contributed by atoms with Gasteiger partial charge in [-0.1, -0.05) is 95.7 Å². The maximum Gasteiger partial charge on any atom is 0.311 e. The number of methoxy groups -OCH3 is 1. The van der Waals surface area contributed by atoms with Gasteiger partial charge in [0.15, 0.2) is 0 Å². The summed E-state index contributed by atoms with van der Waals surface area (Å²) in [5, 5.41) is 0. The number of esters is 1. The van der Waals surface area contributed by atoms with Crippen LogP contribution in [-0.2, 0) is 31.2 Å². The Morgan fingerprint density at radius 3 is 1.44 bits per heavy atom. The second-order valence-electron chi connectivity index (χ2n) is 16.3. The van der Waals surface area contributed by atoms with E-state index in [0.717, 1.165) is 11.1 Å². The van der Waals surface area contributed by atoms with Gasteiger partial charge < -0.3 is 9.47 Å². The maximum absolute atomic E-state index is 13.1. The van der Waals surface area contributed by atoms with Crippen LogP contribution in [0.15, 0.2) is 52.5 Å². The van der Waals surface area contributed by atoms with E-state index in [-0.39, 0.29) is 31.7 Å². The van der Waals surface area contributed by atoms with Crippen LogP contribution in [0, 0.1) is 0 Å². The number of carbonyl (C=O) groups is 1. The molecule has 43 heavy (non-hydrogen) atoms. The van der Waals surface area contributed by atoms with E-state index >= 15 is 0 Å². The van der Waals surface area contributed by atoms with E-state index < -0.39 is 0 Å². The standard InChI is InChI=1S/C38H58O3S2/c1-25(40-16)18-17-19-32(39)41-33-30(36(8,9)10)23-29(24-31(33)37(11,12)13)43-38(14,15)42-28-21-26(34(2,3)4)20-27(22-28)35(5,6)7/h20-24H,1,17-19H2,2-16H3. The Labute approximate surface area is 272 Å². The highest BCUT2D eigenvalue weighted by Crippen LogP contribution is 2.50. The minimum absolute atomic E-state index is 0.0715. The number of ether oxygens (including phenoxy) is 2. The zero-order chi connectivity index (χ0) is 33.2. The first-order valence-corrected chi connectivity index (χ1v) is 17.1. The Kier molecular flexibility index (Phi) is 11.9. The van der Waals surface area contributed by atoms with Crippen molar-refractivity contribution >= 4 is 29.5 Å². The number of benzene rings is 2. The predicted octanol–water partition coefficient (Wildman–Crippen LogP) is 11.7. The van der Waals surface area contributed by atoms with Crippen molar-refractivity contribution in [3.05, 3.63) is 64.9 Å². The third-order valence-corrected chi connectivity index (χ3v) is 9.81. The van der Waals surface area contributed by atoms with Crippen molar-refractivity contribution in [1.82, 2.24) is 0 Å². The SMILES string of the molecule is C=C(CCCC(=O)Oc1c(C(C)(C)C)cc(SC(C)(C)Sc2cc(C(C)(C)C)cc(C(C)(C)C)c2)cc1C(C)(C)C)OC. The van der Waals surface area contributed by atoms with E-state index in [1.165, 1.54) is 20.9 Å². The molecule has 3 nitrogen and oxygen atoms in total. The molecule has 0 heterocycles. The molecule has 0 radical (unpaired) electrons. The molecule has 0 saturated carbocycles. The van der Waals surface area contributed by atoms with Crippen molar-refractivity contribution in [2.75, 3.05) is 7.11 Å². The summed E-state index contributed by atoms with van der Waals surface area (Å²) < 4.78 is 11.2. The summed E-state index contributed by atoms with van der Waals surface area (Å²) in [6.07, 6.45) is 1.61. The highest BCUT2D eigenvalue weighted by molar-refractivity contribution is 8.18. The van der Waals surface area contributed by atoms with Crippen LogP contribution in [0.25, 0.3) is 0 Å². The number of allylic oxidation sites excluding steroid dienone is 1. The third-order valence-electron chi connectivity index (χ3n) is 7.39. The van der Waals surface area contributed by atoms with Gasteiger partial charge in [-0.25, -0.2) is 0 Å². The zero-order valence-corrected chi connectivity index (χ0v) is 31.4. The highest BCUT2D eigenvalue weighted by Gasteiger charge is 2.32. The number of hydrogen-bond donors (Lipinski definition) is 0. The molecular formula is C38H58O3S2. The zero-order valence-electron chi connectivity index (χ0n) is 29.8. The lowest BCUT2D eigenvalue weighted by atomic mass is 9.79. The van der Waals surface area contributed by atoms with Gasteiger partial charge in [-0.15, -0.1) is 23.5 Å². The topological polar surface area (TPSA) is 35.5 Å². The van der Waals surface area contributed by atoms with Crippen molar-refractivity contribution < 1.29 is 14.3 Å². The lowest BCUT2D eigenvalue weighted by molar-refractivity contribution is -0.134. The van der Waals surface area contributed by atoms with Gasteiger partial charge in [-0.2, -0.15) is 0 Å². The molecule has 2 rings (SSSR count). The first-order chi connectivity index (χ1) is 19.3. The van der Waals surface area contributed by atoms with Gasteiger partial charge in [-0.3, -0.25) is 4.79 Å². The molecule has 0 saturated heterocycles. The van der Waals surface area contributed by atoms with Gasteiger partial charge in [0.1, 0.15) is 5.75 Å². The first kappa shape index (κ1) is 37.3. The quantitative estimate of drug-likeness (QED) is 0.0862. The summed E-state index contributed by atoms with van der Waals surface area (Å²) in [7, 11) is 1.61. The summed E-state index contributed by atoms with van der Waals surface area (Å²) in [6.45, 7) is 35.3. The fraction of sp³-hybridized carbons (Fsp3) is 0.605. The molecule has 0 fully saturated rings. The lowest BCUT2D eigenvalue weighted by Crippen LogP contribution is -2.22.